The van der Waals surface area contributed by atoms with Gasteiger partial charge in [-0.2, -0.15) is 17.5 Å². The maximum absolute atomic E-state index is 13.3. The lowest BCUT2D eigenvalue weighted by Gasteiger charge is -2.38. The Hall–Kier alpha value is -2.22. The van der Waals surface area contributed by atoms with Crippen molar-refractivity contribution in [1.82, 2.24) is 24.3 Å². The number of alkyl halides is 3. The first kappa shape index (κ1) is 37.2. The van der Waals surface area contributed by atoms with Gasteiger partial charge in [-0.1, -0.05) is 6.07 Å². The second-order valence-electron chi connectivity index (χ2n) is 10.6. The van der Waals surface area contributed by atoms with E-state index in [-0.39, 0.29) is 77.9 Å². The zero-order chi connectivity index (χ0) is 31.0. The number of nitrogens with zero attached hydrogens (tertiary/aromatic N) is 2. The van der Waals surface area contributed by atoms with E-state index in [1.165, 1.54) is 29.6 Å². The molecule has 0 saturated carbocycles. The number of H-pyrrole nitrogens is 1. The first-order chi connectivity index (χ1) is 20.2. The maximum Gasteiger partial charge on any atom is 0.418 e. The Labute approximate surface area is 271 Å². The highest BCUT2D eigenvalue weighted by Gasteiger charge is 2.45. The van der Waals surface area contributed by atoms with Crippen molar-refractivity contribution in [3.63, 3.8) is 0 Å². The van der Waals surface area contributed by atoms with E-state index in [2.05, 4.69) is 20.0 Å². The molecule has 0 radical (unpaired) electrons. The van der Waals surface area contributed by atoms with E-state index in [9.17, 15) is 35.1 Å². The molecule has 0 bridgehead atoms. The van der Waals surface area contributed by atoms with Gasteiger partial charge in [-0.05, 0) is 44.5 Å². The van der Waals surface area contributed by atoms with Crippen LogP contribution < -0.4 is 14.8 Å². The molecule has 5 rings (SSSR count). The average molecular weight is 721 g/mol. The molecule has 1 spiro atoms. The van der Waals surface area contributed by atoms with Crippen molar-refractivity contribution in [2.75, 3.05) is 39.9 Å². The molecular formula is C26H34Cl2F3N5O7S2. The standard InChI is InChI=1S/C26H32F3N5O7S2.2ClH/c1-30-42(36,37)20-4-2-3-19(9-20)40-16-18(35)12-31-17-11-25(41-15-17)5-7-34(8-6-25)43(38,39)21-10-22-23(26(27,28)29)14-33-24(22)32-13-21;;/h2-4,9-10,13-14,17-18,30-31,35H,5-8,11-12,15-16H2,1H3,(H,32,33);2*1H/t17-,18+;;/m1../s1. The van der Waals surface area contributed by atoms with Crippen molar-refractivity contribution < 1.29 is 44.6 Å². The molecule has 19 heteroatoms. The minimum Gasteiger partial charge on any atom is -0.491 e. The van der Waals surface area contributed by atoms with Crippen LogP contribution in [0.3, 0.4) is 0 Å². The van der Waals surface area contributed by atoms with Crippen LogP contribution in [-0.2, 0) is 31.0 Å². The van der Waals surface area contributed by atoms with E-state index < -0.39 is 43.5 Å². The fraction of sp³-hybridized carbons (Fsp3) is 0.500. The van der Waals surface area contributed by atoms with Crippen LogP contribution in [0.4, 0.5) is 13.2 Å². The Morgan fingerprint density at radius 3 is 2.56 bits per heavy atom. The van der Waals surface area contributed by atoms with Gasteiger partial charge in [-0.25, -0.2) is 26.5 Å². The molecule has 1 aromatic carbocycles. The molecule has 252 valence electrons. The molecule has 12 nitrogen and oxygen atoms in total. The number of benzene rings is 1. The minimum absolute atomic E-state index is 0. The van der Waals surface area contributed by atoms with Crippen LogP contribution in [0.2, 0.25) is 0 Å². The van der Waals surface area contributed by atoms with E-state index in [0.717, 1.165) is 18.5 Å². The Kier molecular flexibility index (Phi) is 11.8. The number of aliphatic hydroxyl groups is 1. The number of piperidine rings is 1. The summed E-state index contributed by atoms with van der Waals surface area (Å²) in [6.45, 7) is 0.734. The van der Waals surface area contributed by atoms with Crippen molar-refractivity contribution in [3.05, 3.63) is 48.3 Å². The van der Waals surface area contributed by atoms with Gasteiger partial charge in [-0.3, -0.25) is 0 Å². The van der Waals surface area contributed by atoms with Crippen molar-refractivity contribution in [2.24, 2.45) is 0 Å². The van der Waals surface area contributed by atoms with E-state index in [0.29, 0.717) is 31.6 Å². The number of fused-ring (bicyclic) bond motifs is 1. The van der Waals surface area contributed by atoms with Crippen LogP contribution in [0.15, 0.2) is 52.5 Å². The van der Waals surface area contributed by atoms with Crippen LogP contribution in [0.1, 0.15) is 24.8 Å². The SMILES string of the molecule is CNS(=O)(=O)c1cccc(OC[C@@H](O)CN[C@H]2COC3(CCN(S(=O)(=O)c4cnc5[nH]cc(C(F)(F)F)c5c4)CC3)C2)c1.Cl.Cl. The molecule has 2 aliphatic rings. The van der Waals surface area contributed by atoms with Gasteiger partial charge in [0, 0.05) is 49.5 Å². The van der Waals surface area contributed by atoms with Crippen LogP contribution in [0, 0.1) is 0 Å². The molecule has 2 aliphatic heterocycles. The van der Waals surface area contributed by atoms with Gasteiger partial charge in [0.15, 0.2) is 0 Å². The first-order valence-electron chi connectivity index (χ1n) is 13.5. The van der Waals surface area contributed by atoms with Gasteiger partial charge >= 0.3 is 6.18 Å². The number of hydrogen-bond donors (Lipinski definition) is 4. The van der Waals surface area contributed by atoms with E-state index >= 15 is 0 Å². The summed E-state index contributed by atoms with van der Waals surface area (Å²) in [5.74, 6) is 0.296. The highest BCUT2D eigenvalue weighted by molar-refractivity contribution is 7.89. The lowest BCUT2D eigenvalue weighted by atomic mass is 9.88. The van der Waals surface area contributed by atoms with Crippen LogP contribution in [0.25, 0.3) is 11.0 Å². The van der Waals surface area contributed by atoms with Crippen molar-refractivity contribution in [2.45, 2.75) is 53.0 Å². The summed E-state index contributed by atoms with van der Waals surface area (Å²) in [6.07, 6.45) is -2.34. The molecule has 2 atom stereocenters. The predicted molar refractivity (Wildman–Crippen MR) is 163 cm³/mol. The van der Waals surface area contributed by atoms with Gasteiger partial charge < -0.3 is 24.9 Å². The average Bonchev–Trinajstić information content (AvgIpc) is 3.59. The normalized spacial score (nSPS) is 19.6. The maximum atomic E-state index is 13.3. The Bertz CT molecular complexity index is 1690. The number of rotatable bonds is 10. The molecule has 4 N–H and O–H groups in total. The summed E-state index contributed by atoms with van der Waals surface area (Å²) in [5, 5.41) is 13.3. The smallest absolute Gasteiger partial charge is 0.418 e. The molecule has 2 saturated heterocycles. The second-order valence-corrected chi connectivity index (χ2v) is 14.4. The van der Waals surface area contributed by atoms with Crippen molar-refractivity contribution >= 4 is 55.9 Å². The predicted octanol–water partition coefficient (Wildman–Crippen LogP) is 2.68. The quantitative estimate of drug-likeness (QED) is 0.247. The van der Waals surface area contributed by atoms with E-state index in [4.69, 9.17) is 9.47 Å². The number of pyridine rings is 1. The molecule has 2 aromatic heterocycles. The molecular weight excluding hydrogens is 686 g/mol. The molecule has 0 amide bonds. The molecule has 45 heavy (non-hydrogen) atoms. The number of aromatic nitrogens is 2. The Morgan fingerprint density at radius 2 is 1.89 bits per heavy atom. The minimum atomic E-state index is -4.66. The van der Waals surface area contributed by atoms with Gasteiger partial charge in [0.25, 0.3) is 0 Å². The van der Waals surface area contributed by atoms with Gasteiger partial charge in [0.05, 0.1) is 22.7 Å². The van der Waals surface area contributed by atoms with Gasteiger partial charge in [-0.15, -0.1) is 24.8 Å². The highest BCUT2D eigenvalue weighted by atomic mass is 35.5. The monoisotopic (exact) mass is 719 g/mol. The number of aliphatic hydroxyl groups excluding tert-OH is 1. The molecule has 0 unspecified atom stereocenters. The van der Waals surface area contributed by atoms with E-state index in [1.807, 2.05) is 0 Å². The Morgan fingerprint density at radius 1 is 1.18 bits per heavy atom. The molecule has 0 aliphatic carbocycles. The zero-order valence-electron chi connectivity index (χ0n) is 23.9. The summed E-state index contributed by atoms with van der Waals surface area (Å²) >= 11 is 0. The second kappa shape index (κ2) is 14.3. The lowest BCUT2D eigenvalue weighted by molar-refractivity contribution is -0.136. The summed E-state index contributed by atoms with van der Waals surface area (Å²) in [4.78, 5) is 6.05. The number of nitrogens with one attached hydrogen (secondary N) is 3. The highest BCUT2D eigenvalue weighted by Crippen LogP contribution is 2.38. The third-order valence-corrected chi connectivity index (χ3v) is 11.0. The fourth-order valence-corrected chi connectivity index (χ4v) is 7.55. The number of sulfonamides is 2. The first-order valence-corrected chi connectivity index (χ1v) is 16.4. The Balaban J connectivity index is 0.00000276. The summed E-state index contributed by atoms with van der Waals surface area (Å²) in [7, 11) is -6.40. The number of ether oxygens (including phenoxy) is 2. The lowest BCUT2D eigenvalue weighted by Crippen LogP contribution is -2.47. The summed E-state index contributed by atoms with van der Waals surface area (Å²) < 4.78 is 106. The fourth-order valence-electron chi connectivity index (χ4n) is 5.37. The molecule has 3 aromatic rings. The summed E-state index contributed by atoms with van der Waals surface area (Å²) in [6, 6.07) is 6.83. The van der Waals surface area contributed by atoms with E-state index in [1.54, 1.807) is 6.07 Å². The zero-order valence-corrected chi connectivity index (χ0v) is 27.2. The number of hydrogen-bond acceptors (Lipinski definition) is 9. The molecule has 4 heterocycles. The van der Waals surface area contributed by atoms with Crippen LogP contribution in [-0.4, -0.2) is 93.9 Å². The topological polar surface area (TPSA) is 163 Å². The molecule has 2 fully saturated rings. The number of aromatic amines is 1. The third-order valence-electron chi connectivity index (χ3n) is 7.76. The largest absolute Gasteiger partial charge is 0.491 e. The number of halogens is 5. The van der Waals surface area contributed by atoms with Crippen molar-refractivity contribution in [1.29, 1.82) is 0 Å². The van der Waals surface area contributed by atoms with Crippen LogP contribution in [0.5, 0.6) is 5.75 Å². The van der Waals surface area contributed by atoms with Gasteiger partial charge in [0.2, 0.25) is 20.0 Å². The van der Waals surface area contributed by atoms with Crippen LogP contribution >= 0.6 is 24.8 Å². The third kappa shape index (κ3) is 8.20. The van der Waals surface area contributed by atoms with Crippen molar-refractivity contribution in [3.8, 4) is 5.75 Å². The summed E-state index contributed by atoms with van der Waals surface area (Å²) in [5.41, 5.74) is -1.59. The van der Waals surface area contributed by atoms with Gasteiger partial charge in [0.1, 0.15) is 29.0 Å².